The summed E-state index contributed by atoms with van der Waals surface area (Å²) in [5.41, 5.74) is 2.38. The molecule has 1 atom stereocenters. The Labute approximate surface area is 128 Å². The highest BCUT2D eigenvalue weighted by Crippen LogP contribution is 2.33. The summed E-state index contributed by atoms with van der Waals surface area (Å²) in [5.74, 6) is 0. The average molecular weight is 285 g/mol. The first kappa shape index (κ1) is 15.9. The van der Waals surface area contributed by atoms with E-state index in [9.17, 15) is 0 Å². The molecule has 2 rings (SSSR count). The molecule has 1 heterocycles. The van der Waals surface area contributed by atoms with Crippen LogP contribution in [0.2, 0.25) is 0 Å². The maximum Gasteiger partial charge on any atom is 0.0750 e. The molecule has 0 amide bonds. The van der Waals surface area contributed by atoms with E-state index >= 15 is 0 Å². The van der Waals surface area contributed by atoms with Gasteiger partial charge in [-0.1, -0.05) is 31.2 Å². The lowest BCUT2D eigenvalue weighted by atomic mass is 9.86. The van der Waals surface area contributed by atoms with E-state index in [1.165, 1.54) is 10.9 Å². The van der Waals surface area contributed by atoms with E-state index in [1.807, 2.05) is 12.3 Å². The van der Waals surface area contributed by atoms with Gasteiger partial charge in [0.05, 0.1) is 11.6 Å². The van der Waals surface area contributed by atoms with Crippen LogP contribution in [0.5, 0.6) is 0 Å². The van der Waals surface area contributed by atoms with Crippen molar-refractivity contribution in [2.75, 3.05) is 20.6 Å². The number of benzene rings is 1. The highest BCUT2D eigenvalue weighted by Gasteiger charge is 2.33. The lowest BCUT2D eigenvalue weighted by Gasteiger charge is -2.41. The van der Waals surface area contributed by atoms with Crippen LogP contribution < -0.4 is 5.32 Å². The quantitative estimate of drug-likeness (QED) is 0.878. The standard InChI is InChI=1S/C18H27N3/c1-6-12-20-17(18(2,3)21(4)5)15-11-7-9-14-10-8-13-19-16(14)15/h7-11,13,17,20H,6,12H2,1-5H3. The Morgan fingerprint density at radius 3 is 2.57 bits per heavy atom. The van der Waals surface area contributed by atoms with E-state index in [1.54, 1.807) is 0 Å². The zero-order valence-electron chi connectivity index (χ0n) is 13.9. The maximum atomic E-state index is 4.62. The minimum Gasteiger partial charge on any atom is -0.308 e. The van der Waals surface area contributed by atoms with Crippen LogP contribution in [0.4, 0.5) is 0 Å². The lowest BCUT2D eigenvalue weighted by Crippen LogP contribution is -2.49. The van der Waals surface area contributed by atoms with Crippen LogP contribution in [-0.2, 0) is 0 Å². The molecule has 1 aromatic heterocycles. The maximum absolute atomic E-state index is 4.62. The number of fused-ring (bicyclic) bond motifs is 1. The second-order valence-electron chi connectivity index (χ2n) is 6.36. The Morgan fingerprint density at radius 1 is 1.19 bits per heavy atom. The molecule has 0 bridgehead atoms. The van der Waals surface area contributed by atoms with Crippen LogP contribution in [0.3, 0.4) is 0 Å². The second-order valence-corrected chi connectivity index (χ2v) is 6.36. The summed E-state index contributed by atoms with van der Waals surface area (Å²) in [4.78, 5) is 6.90. The molecule has 0 saturated heterocycles. The van der Waals surface area contributed by atoms with Gasteiger partial charge in [-0.3, -0.25) is 4.98 Å². The van der Waals surface area contributed by atoms with E-state index in [2.05, 4.69) is 74.3 Å². The minimum absolute atomic E-state index is 0.000967. The highest BCUT2D eigenvalue weighted by atomic mass is 15.2. The van der Waals surface area contributed by atoms with Crippen LogP contribution in [-0.4, -0.2) is 36.1 Å². The number of hydrogen-bond acceptors (Lipinski definition) is 3. The number of pyridine rings is 1. The molecule has 0 spiro atoms. The number of likely N-dealkylation sites (N-methyl/N-ethyl adjacent to an activating group) is 1. The van der Waals surface area contributed by atoms with Gasteiger partial charge < -0.3 is 10.2 Å². The van der Waals surface area contributed by atoms with Gasteiger partial charge >= 0.3 is 0 Å². The first-order chi connectivity index (χ1) is 9.98. The smallest absolute Gasteiger partial charge is 0.0750 e. The largest absolute Gasteiger partial charge is 0.308 e. The third-order valence-corrected chi connectivity index (χ3v) is 4.43. The van der Waals surface area contributed by atoms with Crippen LogP contribution in [0, 0.1) is 0 Å². The Hall–Kier alpha value is -1.45. The Bertz CT molecular complexity index is 585. The SMILES string of the molecule is CCCNC(c1cccc2cccnc12)C(C)(C)N(C)C. The van der Waals surface area contributed by atoms with Crippen LogP contribution in [0.15, 0.2) is 36.5 Å². The van der Waals surface area contributed by atoms with Gasteiger partial charge in [0, 0.05) is 17.1 Å². The summed E-state index contributed by atoms with van der Waals surface area (Å²) < 4.78 is 0. The fraction of sp³-hybridized carbons (Fsp3) is 0.500. The van der Waals surface area contributed by atoms with Gasteiger partial charge in [-0.2, -0.15) is 0 Å². The molecule has 0 aliphatic carbocycles. The van der Waals surface area contributed by atoms with Gasteiger partial charge in [0.25, 0.3) is 0 Å². The molecule has 0 aliphatic rings. The van der Waals surface area contributed by atoms with E-state index in [4.69, 9.17) is 0 Å². The monoisotopic (exact) mass is 285 g/mol. The van der Waals surface area contributed by atoms with Gasteiger partial charge in [-0.25, -0.2) is 0 Å². The Morgan fingerprint density at radius 2 is 1.90 bits per heavy atom. The summed E-state index contributed by atoms with van der Waals surface area (Å²) >= 11 is 0. The first-order valence-electron chi connectivity index (χ1n) is 7.73. The van der Waals surface area contributed by atoms with E-state index in [0.717, 1.165) is 18.5 Å². The highest BCUT2D eigenvalue weighted by molar-refractivity contribution is 5.82. The fourth-order valence-electron chi connectivity index (χ4n) is 2.65. The van der Waals surface area contributed by atoms with Crippen molar-refractivity contribution in [3.63, 3.8) is 0 Å². The summed E-state index contributed by atoms with van der Waals surface area (Å²) in [6, 6.07) is 10.8. The minimum atomic E-state index is 0.000967. The average Bonchev–Trinajstić information content (AvgIpc) is 2.47. The summed E-state index contributed by atoms with van der Waals surface area (Å²) in [6.07, 6.45) is 3.00. The Kier molecular flexibility index (Phi) is 4.96. The van der Waals surface area contributed by atoms with Gasteiger partial charge in [0.1, 0.15) is 0 Å². The normalized spacial score (nSPS) is 13.8. The lowest BCUT2D eigenvalue weighted by molar-refractivity contribution is 0.138. The Balaban J connectivity index is 2.53. The van der Waals surface area contributed by atoms with E-state index < -0.39 is 0 Å². The molecule has 0 fully saturated rings. The first-order valence-corrected chi connectivity index (χ1v) is 7.73. The predicted molar refractivity (Wildman–Crippen MR) is 90.5 cm³/mol. The van der Waals surface area contributed by atoms with Gasteiger partial charge in [-0.05, 0) is 52.5 Å². The molecule has 1 N–H and O–H groups in total. The van der Waals surface area contributed by atoms with Crippen molar-refractivity contribution in [1.82, 2.24) is 15.2 Å². The second kappa shape index (κ2) is 6.54. The molecule has 2 aromatic rings. The zero-order valence-corrected chi connectivity index (χ0v) is 13.9. The number of nitrogens with zero attached hydrogens (tertiary/aromatic N) is 2. The molecule has 1 aromatic carbocycles. The van der Waals surface area contributed by atoms with Crippen molar-refractivity contribution in [3.05, 3.63) is 42.1 Å². The third-order valence-electron chi connectivity index (χ3n) is 4.43. The molecular formula is C18H27N3. The summed E-state index contributed by atoms with van der Waals surface area (Å²) in [7, 11) is 4.28. The van der Waals surface area contributed by atoms with E-state index in [-0.39, 0.29) is 11.6 Å². The third kappa shape index (κ3) is 3.25. The molecule has 0 saturated carbocycles. The molecule has 3 heteroatoms. The molecule has 0 aliphatic heterocycles. The summed E-state index contributed by atoms with van der Waals surface area (Å²) in [5, 5.41) is 4.92. The molecule has 21 heavy (non-hydrogen) atoms. The molecule has 0 radical (unpaired) electrons. The molecule has 1 unspecified atom stereocenters. The topological polar surface area (TPSA) is 28.2 Å². The van der Waals surface area contributed by atoms with Crippen molar-refractivity contribution in [1.29, 1.82) is 0 Å². The van der Waals surface area contributed by atoms with Crippen molar-refractivity contribution >= 4 is 10.9 Å². The van der Waals surface area contributed by atoms with Gasteiger partial charge in [0.15, 0.2) is 0 Å². The van der Waals surface area contributed by atoms with E-state index in [0.29, 0.717) is 0 Å². The number of para-hydroxylation sites is 1. The van der Waals surface area contributed by atoms with Crippen molar-refractivity contribution in [2.45, 2.75) is 38.8 Å². The number of rotatable bonds is 6. The van der Waals surface area contributed by atoms with Crippen LogP contribution in [0.1, 0.15) is 38.8 Å². The number of nitrogens with one attached hydrogen (secondary N) is 1. The zero-order chi connectivity index (χ0) is 15.5. The molecule has 114 valence electrons. The van der Waals surface area contributed by atoms with Crippen molar-refractivity contribution in [3.8, 4) is 0 Å². The van der Waals surface area contributed by atoms with Crippen molar-refractivity contribution < 1.29 is 0 Å². The predicted octanol–water partition coefficient (Wildman–Crippen LogP) is 3.62. The van der Waals surface area contributed by atoms with Gasteiger partial charge in [0.2, 0.25) is 0 Å². The molecular weight excluding hydrogens is 258 g/mol. The summed E-state index contributed by atoms with van der Waals surface area (Å²) in [6.45, 7) is 7.77. The van der Waals surface area contributed by atoms with Gasteiger partial charge in [-0.15, -0.1) is 0 Å². The molecule has 3 nitrogen and oxygen atoms in total. The number of aromatic nitrogens is 1. The van der Waals surface area contributed by atoms with Crippen molar-refractivity contribution in [2.24, 2.45) is 0 Å². The van der Waals surface area contributed by atoms with Crippen LogP contribution in [0.25, 0.3) is 10.9 Å². The fourth-order valence-corrected chi connectivity index (χ4v) is 2.65. The van der Waals surface area contributed by atoms with Crippen LogP contribution >= 0.6 is 0 Å². The number of hydrogen-bond donors (Lipinski definition) is 1.